The van der Waals surface area contributed by atoms with Crippen molar-refractivity contribution in [3.8, 4) is 0 Å². The Hall–Kier alpha value is 1.22. The molecule has 6 nitrogen and oxygen atoms in total. The van der Waals surface area contributed by atoms with Crippen molar-refractivity contribution in [2.75, 3.05) is 0 Å². The maximum atomic E-state index is 5.04. The van der Waals surface area contributed by atoms with Gasteiger partial charge in [0.15, 0.2) is 0 Å². The summed E-state index contributed by atoms with van der Waals surface area (Å²) in [7, 11) is 0. The molecule has 0 unspecified atom stereocenters. The Bertz CT molecular complexity index is 43.7. The summed E-state index contributed by atoms with van der Waals surface area (Å²) in [6, 6.07) is 0. The Labute approximate surface area is 67.1 Å². The van der Waals surface area contributed by atoms with E-state index in [9.17, 15) is 0 Å². The molecule has 52 valence electrons. The van der Waals surface area contributed by atoms with E-state index in [1.54, 1.807) is 0 Å². The second-order valence-electron chi connectivity index (χ2n) is 0.682. The summed E-state index contributed by atoms with van der Waals surface area (Å²) in [6.45, 7) is 0. The normalized spacial score (nSPS) is 11.0. The average molecular weight is 345 g/mol. The van der Waals surface area contributed by atoms with E-state index in [-0.39, 0.29) is 17.6 Å². The van der Waals surface area contributed by atoms with Gasteiger partial charge in [-0.3, -0.25) is 0 Å². The SMILES string of the molecule is N[N-]NN(N)O[I-]I. The Morgan fingerprint density at radius 1 is 1.88 bits per heavy atom. The first-order valence-corrected chi connectivity index (χ1v) is 8.61. The molecule has 0 atom stereocenters. The van der Waals surface area contributed by atoms with E-state index in [4.69, 9.17) is 9.01 Å². The third-order valence-corrected chi connectivity index (χ3v) is 1.83. The molecule has 0 amide bonds. The van der Waals surface area contributed by atoms with Crippen molar-refractivity contribution in [1.82, 2.24) is 10.8 Å². The van der Waals surface area contributed by atoms with Crippen molar-refractivity contribution in [2.45, 2.75) is 0 Å². The van der Waals surface area contributed by atoms with Gasteiger partial charge >= 0.3 is 67.5 Å². The molecular weight excluding hydrogens is 340 g/mol. The van der Waals surface area contributed by atoms with Crippen molar-refractivity contribution >= 4 is 18.6 Å². The number of halogens is 2. The number of hydrazine groups is 2. The van der Waals surface area contributed by atoms with Crippen molar-refractivity contribution < 1.29 is 20.8 Å². The first-order chi connectivity index (χ1) is 3.81. The monoisotopic (exact) mass is 345 g/mol. The summed E-state index contributed by atoms with van der Waals surface area (Å²) in [5, 5.41) is 0.861. The quantitative estimate of drug-likeness (QED) is 0.276. The van der Waals surface area contributed by atoms with Gasteiger partial charge < -0.3 is 0 Å². The van der Waals surface area contributed by atoms with Crippen LogP contribution in [0.5, 0.6) is 0 Å². The summed E-state index contributed by atoms with van der Waals surface area (Å²) in [5.74, 6) is 9.73. The fourth-order valence-electron chi connectivity index (χ4n) is 0.100. The molecule has 0 aliphatic heterocycles. The topological polar surface area (TPSA) is 90.6 Å². The fraction of sp³-hybridized carbons (Fsp3) is 0. The Morgan fingerprint density at radius 3 is 2.88 bits per heavy atom. The summed E-state index contributed by atoms with van der Waals surface area (Å²) in [5.41, 5.74) is 5.16. The molecule has 0 saturated heterocycles. The second-order valence-corrected chi connectivity index (χ2v) is 3.64. The Morgan fingerprint density at radius 2 is 2.50 bits per heavy atom. The molecule has 0 rings (SSSR count). The fourth-order valence-corrected chi connectivity index (χ4v) is 1.42. The van der Waals surface area contributed by atoms with Crippen LogP contribution in [0.15, 0.2) is 0 Å². The molecule has 0 aromatic heterocycles. The van der Waals surface area contributed by atoms with Crippen molar-refractivity contribution in [3.05, 3.63) is 5.53 Å². The summed E-state index contributed by atoms with van der Waals surface area (Å²) >= 11 is 1.73. The molecule has 0 aliphatic rings. The number of hydrogen-bond donors (Lipinski definition) is 3. The van der Waals surface area contributed by atoms with E-state index in [2.05, 4.69) is 35.5 Å². The molecule has 0 aromatic rings. The standard InChI is InChI=1S/H5I2N5O/c1-2-8-7(4)6-5-3/h6H,3-4H2/q-2. The van der Waals surface area contributed by atoms with Gasteiger partial charge in [0, 0.05) is 0 Å². The molecule has 0 fully saturated rings. The van der Waals surface area contributed by atoms with Crippen LogP contribution in [0.4, 0.5) is 0 Å². The maximum absolute atomic E-state index is 5.04. The zero-order valence-corrected chi connectivity index (χ0v) is 8.03. The number of hydrogen-bond acceptors (Lipinski definition) is 5. The van der Waals surface area contributed by atoms with Crippen LogP contribution in [0.1, 0.15) is 0 Å². The van der Waals surface area contributed by atoms with Gasteiger partial charge in [-0.15, -0.1) is 0 Å². The van der Waals surface area contributed by atoms with Gasteiger partial charge in [-0.25, -0.2) is 0 Å². The van der Waals surface area contributed by atoms with Crippen LogP contribution in [-0.2, 0) is 3.17 Å². The number of nitrogens with one attached hydrogen (secondary N) is 1. The number of rotatable bonds is 4. The summed E-state index contributed by atoms with van der Waals surface area (Å²) in [6.07, 6.45) is 0. The van der Waals surface area contributed by atoms with E-state index in [1.807, 2.05) is 0 Å². The van der Waals surface area contributed by atoms with Crippen LogP contribution in [0.25, 0.3) is 5.53 Å². The van der Waals surface area contributed by atoms with Crippen LogP contribution in [-0.4, -0.2) is 5.28 Å². The summed E-state index contributed by atoms with van der Waals surface area (Å²) in [4.78, 5) is 0. The molecule has 0 aliphatic carbocycles. The van der Waals surface area contributed by atoms with Gasteiger partial charge in [-0.05, 0) is 0 Å². The van der Waals surface area contributed by atoms with Gasteiger partial charge in [0.1, 0.15) is 0 Å². The third kappa shape index (κ3) is 5.36. The van der Waals surface area contributed by atoms with Gasteiger partial charge in [0.25, 0.3) is 0 Å². The molecule has 8 heteroatoms. The van der Waals surface area contributed by atoms with Crippen LogP contribution in [0.3, 0.4) is 0 Å². The van der Waals surface area contributed by atoms with E-state index in [0.717, 1.165) is 5.28 Å². The van der Waals surface area contributed by atoms with Crippen LogP contribution >= 0.6 is 18.6 Å². The van der Waals surface area contributed by atoms with Gasteiger partial charge in [-0.1, -0.05) is 0 Å². The van der Waals surface area contributed by atoms with Gasteiger partial charge in [0.2, 0.25) is 0 Å². The molecular formula is H5I2N5O-2. The molecule has 0 saturated carbocycles. The predicted molar refractivity (Wildman–Crippen MR) is 31.8 cm³/mol. The Balaban J connectivity index is 2.92. The van der Waals surface area contributed by atoms with Crippen LogP contribution in [0.2, 0.25) is 0 Å². The summed E-state index contributed by atoms with van der Waals surface area (Å²) < 4.78 is 4.71. The average Bonchev–Trinajstić information content (AvgIpc) is 1.68. The first kappa shape index (κ1) is 9.22. The molecule has 0 heterocycles. The van der Waals surface area contributed by atoms with Gasteiger partial charge in [-0.2, -0.15) is 0 Å². The van der Waals surface area contributed by atoms with Gasteiger partial charge in [0.05, 0.1) is 0 Å². The van der Waals surface area contributed by atoms with Crippen LogP contribution in [0, 0.1) is 0 Å². The minimum atomic E-state index is -0.352. The van der Waals surface area contributed by atoms with E-state index in [1.165, 1.54) is 0 Å². The number of nitrogens with zero attached hydrogens (tertiary/aromatic N) is 2. The molecule has 5 N–H and O–H groups in total. The van der Waals surface area contributed by atoms with Crippen LogP contribution < -0.4 is 34.9 Å². The zero-order valence-electron chi connectivity index (χ0n) is 3.71. The van der Waals surface area contributed by atoms with E-state index < -0.39 is 0 Å². The van der Waals surface area contributed by atoms with Crippen molar-refractivity contribution in [1.29, 1.82) is 0 Å². The molecule has 0 aromatic carbocycles. The molecule has 0 radical (unpaired) electrons. The minimum absolute atomic E-state index is 0.352. The second kappa shape index (κ2) is 6.34. The number of nitrogens with two attached hydrogens (primary N) is 2. The van der Waals surface area contributed by atoms with Crippen molar-refractivity contribution in [3.63, 3.8) is 0 Å². The molecule has 8 heavy (non-hydrogen) atoms. The zero-order chi connectivity index (χ0) is 6.41. The third-order valence-electron chi connectivity index (χ3n) is 0.257. The van der Waals surface area contributed by atoms with Crippen molar-refractivity contribution in [2.24, 2.45) is 11.7 Å². The molecule has 0 spiro atoms. The van der Waals surface area contributed by atoms with E-state index >= 15 is 0 Å². The molecule has 0 bridgehead atoms. The predicted octanol–water partition coefficient (Wildman–Crippen LogP) is -3.89. The van der Waals surface area contributed by atoms with E-state index in [0.29, 0.717) is 0 Å². The Kier molecular flexibility index (Phi) is 7.31. The first-order valence-electron chi connectivity index (χ1n) is 1.44.